The van der Waals surface area contributed by atoms with Crippen LogP contribution in [0.3, 0.4) is 0 Å². The van der Waals surface area contributed by atoms with E-state index in [-0.39, 0.29) is 114 Å². The van der Waals surface area contributed by atoms with Gasteiger partial charge in [0.1, 0.15) is 16.3 Å². The number of nitro groups is 2. The number of aryl methyl sites for hydroxylation is 2. The van der Waals surface area contributed by atoms with E-state index >= 15 is 0 Å². The molecule has 60 heavy (non-hydrogen) atoms. The second kappa shape index (κ2) is 19.3. The van der Waals surface area contributed by atoms with E-state index in [1.165, 1.54) is 55.5 Å². The number of nitro benzene ring substituents is 2. The first kappa shape index (κ1) is 48.2. The van der Waals surface area contributed by atoms with Crippen molar-refractivity contribution in [3.63, 3.8) is 0 Å². The second-order valence-electron chi connectivity index (χ2n) is 11.8. The van der Waals surface area contributed by atoms with Gasteiger partial charge in [-0.05, 0) is 56.3 Å². The molecule has 6 aromatic rings. The third kappa shape index (κ3) is 11.1. The van der Waals surface area contributed by atoms with E-state index in [9.17, 15) is 56.9 Å². The number of quaternary nitrogens is 1. The molecular formula is C32H28CrN12NaO12S2+. The number of nitrogens with zero attached hydrogens (tertiary/aromatic N) is 8. The normalized spacial score (nSPS) is 11.4. The van der Waals surface area contributed by atoms with E-state index in [0.29, 0.717) is 5.69 Å². The second-order valence-corrected chi connectivity index (χ2v) is 15.1. The Bertz CT molecular complexity index is 2830. The van der Waals surface area contributed by atoms with Crippen LogP contribution in [-0.2, 0) is 37.4 Å². The van der Waals surface area contributed by atoms with Crippen LogP contribution in [0, 0.1) is 34.1 Å². The molecule has 0 unspecified atom stereocenters. The fourth-order valence-electron chi connectivity index (χ4n) is 4.90. The van der Waals surface area contributed by atoms with Gasteiger partial charge in [-0.2, -0.15) is 13.5 Å². The van der Waals surface area contributed by atoms with Crippen molar-refractivity contribution in [2.24, 2.45) is 25.6 Å². The number of H-pyrrole nitrogens is 2. The average Bonchev–Trinajstić information content (AvgIpc) is 3.61. The standard InChI is InChI=1S/2C16H14N6O6S.Cr.Na/c2*1-9-15(19-18-13-8-11(22(25)26)5-6-14(13)23)16(24)21(20-9)10-3-2-4-12(7-10)29(17,27)28;;/h2*2-8,20,23H,1H3,(H2,17,27,28);;/q;;;+1. The van der Waals surface area contributed by atoms with E-state index in [1.807, 2.05) is 0 Å². The van der Waals surface area contributed by atoms with Gasteiger partial charge in [0.05, 0.1) is 43.2 Å². The Morgan fingerprint density at radius 2 is 1.13 bits per heavy atom. The summed E-state index contributed by atoms with van der Waals surface area (Å²) in [6, 6.07) is 17.1. The third-order valence-corrected chi connectivity index (χ3v) is 9.64. The average molecular weight is 912 g/mol. The van der Waals surface area contributed by atoms with Crippen molar-refractivity contribution >= 4 is 54.2 Å². The molecule has 0 saturated heterocycles. The number of non-ortho nitro benzene ring substituents is 2. The van der Waals surface area contributed by atoms with E-state index in [1.54, 1.807) is 6.92 Å². The molecule has 8 N–H and O–H groups in total. The Morgan fingerprint density at radius 1 is 0.700 bits per heavy atom. The predicted molar refractivity (Wildman–Crippen MR) is 199 cm³/mol. The van der Waals surface area contributed by atoms with Crippen molar-refractivity contribution in [2.45, 2.75) is 23.6 Å². The zero-order valence-corrected chi connectivity index (χ0v) is 36.0. The number of aromatic hydroxyl groups is 1. The van der Waals surface area contributed by atoms with Gasteiger partial charge in [-0.1, -0.05) is 23.9 Å². The zero-order chi connectivity index (χ0) is 42.7. The van der Waals surface area contributed by atoms with Crippen LogP contribution in [0.15, 0.2) is 125 Å². The van der Waals surface area contributed by atoms with Crippen molar-refractivity contribution in [1.29, 1.82) is 0 Å². The SMILES string of the molecule is Cc1[nH]n(-c2cccc(S(N)(=O)=O)c2)c(=O)c1N=Nc1cc([N+](=O)[O-])ccc1[O-].Cc1[nH]n(-c2cccc(S([NH3+])(=O)=O)c2)c(=O)c1N=Nc1cc([N+](=O)[O-])ccc1O.[Cr].[Na+]. The minimum Gasteiger partial charge on any atom is -0.871 e. The monoisotopic (exact) mass is 911 g/mol. The molecule has 0 radical (unpaired) electrons. The van der Waals surface area contributed by atoms with Gasteiger partial charge in [0.2, 0.25) is 10.0 Å². The van der Waals surface area contributed by atoms with Gasteiger partial charge in [0.25, 0.3) is 22.5 Å². The molecule has 0 aliphatic rings. The first-order chi connectivity index (χ1) is 27.1. The molecule has 2 heterocycles. The quantitative estimate of drug-likeness (QED) is 0.0523. The van der Waals surface area contributed by atoms with Crippen LogP contribution >= 0.6 is 0 Å². The van der Waals surface area contributed by atoms with E-state index in [4.69, 9.17) is 5.14 Å². The van der Waals surface area contributed by atoms with Gasteiger partial charge >= 0.3 is 39.6 Å². The molecule has 0 bridgehead atoms. The number of aromatic nitrogens is 4. The van der Waals surface area contributed by atoms with Crippen LogP contribution in [0.4, 0.5) is 34.1 Å². The van der Waals surface area contributed by atoms with Gasteiger partial charge in [0, 0.05) is 41.6 Å². The van der Waals surface area contributed by atoms with Crippen molar-refractivity contribution < 1.29 is 89.0 Å². The number of aromatic amines is 2. The maximum Gasteiger partial charge on any atom is 1.00 e. The molecule has 0 amide bonds. The zero-order valence-electron chi connectivity index (χ0n) is 31.1. The number of phenols is 1. The molecule has 6 rings (SSSR count). The predicted octanol–water partition coefficient (Wildman–Crippen LogP) is -0.0461. The molecule has 0 atom stereocenters. The van der Waals surface area contributed by atoms with E-state index in [0.717, 1.165) is 45.8 Å². The number of nitrogens with two attached hydrogens (primary N) is 1. The molecule has 2 aromatic heterocycles. The Hall–Kier alpha value is -6.15. The minimum absolute atomic E-state index is 0. The van der Waals surface area contributed by atoms with E-state index < -0.39 is 46.8 Å². The number of benzene rings is 4. The number of hydrogen-bond acceptors (Lipinski definition) is 16. The minimum atomic E-state index is -3.97. The summed E-state index contributed by atoms with van der Waals surface area (Å²) in [7, 11) is -7.69. The molecule has 0 aliphatic carbocycles. The summed E-state index contributed by atoms with van der Waals surface area (Å²) in [5.74, 6) is -0.949. The van der Waals surface area contributed by atoms with Crippen molar-refractivity contribution in [3.8, 4) is 22.9 Å². The molecule has 306 valence electrons. The molecule has 4 aromatic carbocycles. The molecule has 0 aliphatic heterocycles. The summed E-state index contributed by atoms with van der Waals surface area (Å²) in [5, 5.41) is 71.9. The summed E-state index contributed by atoms with van der Waals surface area (Å²) in [6.45, 7) is 3.06. The van der Waals surface area contributed by atoms with Gasteiger partial charge in [-0.25, -0.2) is 28.1 Å². The van der Waals surface area contributed by atoms with Crippen LogP contribution in [0.1, 0.15) is 11.4 Å². The van der Waals surface area contributed by atoms with Crippen LogP contribution in [0.25, 0.3) is 11.4 Å². The number of hydrogen-bond donors (Lipinski definition) is 5. The summed E-state index contributed by atoms with van der Waals surface area (Å²) < 4.78 is 48.4. The maximum absolute atomic E-state index is 12.7. The van der Waals surface area contributed by atoms with Crippen LogP contribution in [-0.4, -0.2) is 51.3 Å². The van der Waals surface area contributed by atoms with Crippen molar-refractivity contribution in [2.75, 3.05) is 0 Å². The number of sulfonamides is 2. The summed E-state index contributed by atoms with van der Waals surface area (Å²) in [6.07, 6.45) is 0. The molecular weight excluding hydrogens is 884 g/mol. The Kier molecular flexibility index (Phi) is 15.5. The summed E-state index contributed by atoms with van der Waals surface area (Å²) in [5.41, 5.74) is -1.69. The van der Waals surface area contributed by atoms with E-state index in [2.05, 4.69) is 35.8 Å². The van der Waals surface area contributed by atoms with Crippen LogP contribution in [0.2, 0.25) is 0 Å². The van der Waals surface area contributed by atoms with Gasteiger partial charge < -0.3 is 10.2 Å². The van der Waals surface area contributed by atoms with Crippen LogP contribution in [0.5, 0.6) is 11.5 Å². The number of rotatable bonds is 10. The van der Waals surface area contributed by atoms with Crippen LogP contribution < -0.4 is 56.1 Å². The fraction of sp³-hybridized carbons (Fsp3) is 0.0625. The summed E-state index contributed by atoms with van der Waals surface area (Å²) in [4.78, 5) is 45.4. The Morgan fingerprint density at radius 3 is 1.60 bits per heavy atom. The molecule has 0 spiro atoms. The number of phenolic OH excluding ortho intramolecular Hbond substituents is 1. The Balaban J connectivity index is 0.000000310. The van der Waals surface area contributed by atoms with Gasteiger partial charge in [0.15, 0.2) is 11.4 Å². The largest absolute Gasteiger partial charge is 1.00 e. The maximum atomic E-state index is 12.7. The van der Waals surface area contributed by atoms with Crippen molar-refractivity contribution in [3.05, 3.63) is 137 Å². The molecule has 28 heteroatoms. The smallest absolute Gasteiger partial charge is 0.871 e. The molecule has 24 nitrogen and oxygen atoms in total. The first-order valence-corrected chi connectivity index (χ1v) is 19.1. The fourth-order valence-corrected chi connectivity index (χ4v) is 6.04. The first-order valence-electron chi connectivity index (χ1n) is 15.9. The molecule has 0 fully saturated rings. The van der Waals surface area contributed by atoms with Crippen molar-refractivity contribution in [1.82, 2.24) is 19.6 Å². The van der Waals surface area contributed by atoms with Gasteiger partial charge in [-0.15, -0.1) is 15.3 Å². The third-order valence-electron chi connectivity index (χ3n) is 7.76. The molecule has 0 saturated carbocycles. The number of nitrogens with one attached hydrogen (secondary N) is 2. The number of primary sulfonamides is 1. The van der Waals surface area contributed by atoms with Gasteiger partial charge in [-0.3, -0.25) is 40.0 Å². The topological polar surface area (TPSA) is 377 Å². The summed E-state index contributed by atoms with van der Waals surface area (Å²) >= 11 is 0. The Labute approximate surface area is 369 Å². The number of azo groups is 2.